The summed E-state index contributed by atoms with van der Waals surface area (Å²) in [5, 5.41) is 0.566. The molecule has 4 nitrogen and oxygen atoms in total. The van der Waals surface area contributed by atoms with Crippen LogP contribution in [0.25, 0.3) is 0 Å². The molecular formula is C15H16ClNO3S. The number of halogens is 1. The summed E-state index contributed by atoms with van der Waals surface area (Å²) in [5.74, 6) is 0.309. The van der Waals surface area contributed by atoms with Crippen molar-refractivity contribution in [1.29, 1.82) is 0 Å². The third-order valence-electron chi connectivity index (χ3n) is 3.04. The summed E-state index contributed by atoms with van der Waals surface area (Å²) in [6.07, 6.45) is 0. The van der Waals surface area contributed by atoms with E-state index in [9.17, 15) is 8.42 Å². The first-order valence-corrected chi connectivity index (χ1v) is 8.21. The topological polar surface area (TPSA) is 55.4 Å². The van der Waals surface area contributed by atoms with Crippen molar-refractivity contribution >= 4 is 21.6 Å². The third kappa shape index (κ3) is 3.75. The first kappa shape index (κ1) is 15.8. The van der Waals surface area contributed by atoms with Gasteiger partial charge in [0, 0.05) is 11.1 Å². The van der Waals surface area contributed by atoms with Crippen LogP contribution in [-0.4, -0.2) is 15.5 Å². The third-order valence-corrected chi connectivity index (χ3v) is 4.85. The van der Waals surface area contributed by atoms with Gasteiger partial charge in [-0.15, -0.1) is 0 Å². The minimum Gasteiger partial charge on any atom is -0.495 e. The number of sulfonamides is 1. The number of hydrogen-bond acceptors (Lipinski definition) is 3. The molecule has 0 radical (unpaired) electrons. The second-order valence-electron chi connectivity index (χ2n) is 4.55. The van der Waals surface area contributed by atoms with Gasteiger partial charge in [0.25, 0.3) is 0 Å². The molecule has 0 heterocycles. The zero-order chi connectivity index (χ0) is 15.5. The van der Waals surface area contributed by atoms with Crippen LogP contribution in [-0.2, 0) is 10.0 Å². The molecule has 0 aromatic heterocycles. The molecule has 0 amide bonds. The Morgan fingerprint density at radius 3 is 2.52 bits per heavy atom. The van der Waals surface area contributed by atoms with Crippen LogP contribution in [0.1, 0.15) is 18.5 Å². The van der Waals surface area contributed by atoms with Crippen molar-refractivity contribution in [2.45, 2.75) is 17.9 Å². The maximum absolute atomic E-state index is 12.5. The zero-order valence-corrected chi connectivity index (χ0v) is 13.3. The van der Waals surface area contributed by atoms with E-state index in [0.717, 1.165) is 5.56 Å². The first-order chi connectivity index (χ1) is 9.94. The molecule has 0 saturated carbocycles. The Hall–Kier alpha value is -1.56. The Morgan fingerprint density at radius 1 is 1.14 bits per heavy atom. The molecule has 1 unspecified atom stereocenters. The van der Waals surface area contributed by atoms with Crippen molar-refractivity contribution in [2.75, 3.05) is 7.11 Å². The summed E-state index contributed by atoms with van der Waals surface area (Å²) in [5.41, 5.74) is 0.793. The van der Waals surface area contributed by atoms with Crippen molar-refractivity contribution in [3.63, 3.8) is 0 Å². The van der Waals surface area contributed by atoms with Crippen LogP contribution in [0.5, 0.6) is 5.75 Å². The highest BCUT2D eigenvalue weighted by Gasteiger charge is 2.22. The van der Waals surface area contributed by atoms with Gasteiger partial charge in [0.15, 0.2) is 0 Å². The second kappa shape index (κ2) is 6.47. The van der Waals surface area contributed by atoms with E-state index in [1.807, 2.05) is 6.07 Å². The van der Waals surface area contributed by atoms with Gasteiger partial charge in [-0.2, -0.15) is 0 Å². The van der Waals surface area contributed by atoms with Gasteiger partial charge in [-0.25, -0.2) is 13.1 Å². The molecule has 112 valence electrons. The molecule has 0 aliphatic carbocycles. The first-order valence-electron chi connectivity index (χ1n) is 6.35. The zero-order valence-electron chi connectivity index (χ0n) is 11.7. The van der Waals surface area contributed by atoms with Crippen LogP contribution in [0.2, 0.25) is 5.02 Å². The maximum Gasteiger partial charge on any atom is 0.244 e. The van der Waals surface area contributed by atoms with E-state index in [2.05, 4.69) is 4.72 Å². The molecule has 0 aliphatic rings. The lowest BCUT2D eigenvalue weighted by molar-refractivity contribution is 0.402. The van der Waals surface area contributed by atoms with E-state index in [-0.39, 0.29) is 4.90 Å². The smallest absolute Gasteiger partial charge is 0.244 e. The van der Waals surface area contributed by atoms with Crippen molar-refractivity contribution < 1.29 is 13.2 Å². The fourth-order valence-corrected chi connectivity index (χ4v) is 3.58. The Labute approximate surface area is 129 Å². The number of hydrogen-bond donors (Lipinski definition) is 1. The van der Waals surface area contributed by atoms with E-state index in [1.165, 1.54) is 13.2 Å². The number of benzene rings is 2. The Kier molecular flexibility index (Phi) is 4.88. The average Bonchev–Trinajstić information content (AvgIpc) is 2.46. The van der Waals surface area contributed by atoms with Gasteiger partial charge in [-0.1, -0.05) is 35.9 Å². The van der Waals surface area contributed by atoms with Crippen LogP contribution < -0.4 is 9.46 Å². The molecule has 21 heavy (non-hydrogen) atoms. The number of ether oxygens (including phenoxy) is 1. The van der Waals surface area contributed by atoms with Crippen molar-refractivity contribution in [1.82, 2.24) is 4.72 Å². The maximum atomic E-state index is 12.5. The molecule has 0 aliphatic heterocycles. The molecule has 0 saturated heterocycles. The van der Waals surface area contributed by atoms with E-state index in [1.54, 1.807) is 43.3 Å². The van der Waals surface area contributed by atoms with Gasteiger partial charge in [0.1, 0.15) is 10.6 Å². The highest BCUT2D eigenvalue weighted by atomic mass is 35.5. The minimum absolute atomic E-state index is 0.112. The Morgan fingerprint density at radius 2 is 1.86 bits per heavy atom. The van der Waals surface area contributed by atoms with Crippen LogP contribution in [0.3, 0.4) is 0 Å². The summed E-state index contributed by atoms with van der Waals surface area (Å²) >= 11 is 5.93. The lowest BCUT2D eigenvalue weighted by Crippen LogP contribution is -2.27. The van der Waals surface area contributed by atoms with Gasteiger partial charge in [0.2, 0.25) is 10.0 Å². The number of para-hydroxylation sites is 1. The highest BCUT2D eigenvalue weighted by molar-refractivity contribution is 7.89. The van der Waals surface area contributed by atoms with Crippen molar-refractivity contribution in [3.05, 3.63) is 59.1 Å². The van der Waals surface area contributed by atoms with Gasteiger partial charge in [0.05, 0.1) is 7.11 Å². The monoisotopic (exact) mass is 325 g/mol. The van der Waals surface area contributed by atoms with Crippen LogP contribution >= 0.6 is 11.6 Å². The van der Waals surface area contributed by atoms with Crippen molar-refractivity contribution in [2.24, 2.45) is 0 Å². The lowest BCUT2D eigenvalue weighted by atomic mass is 10.1. The van der Waals surface area contributed by atoms with E-state index >= 15 is 0 Å². The minimum atomic E-state index is -3.68. The van der Waals surface area contributed by atoms with Gasteiger partial charge < -0.3 is 4.74 Å². The Balaban J connectivity index is 2.29. The van der Waals surface area contributed by atoms with E-state index in [0.29, 0.717) is 10.8 Å². The second-order valence-corrected chi connectivity index (χ2v) is 6.67. The fourth-order valence-electron chi connectivity index (χ4n) is 1.98. The Bertz CT molecular complexity index is 731. The number of rotatable bonds is 5. The summed E-state index contributed by atoms with van der Waals surface area (Å²) in [7, 11) is -2.24. The summed E-state index contributed by atoms with van der Waals surface area (Å²) < 4.78 is 32.6. The quantitative estimate of drug-likeness (QED) is 0.916. The molecule has 0 bridgehead atoms. The van der Waals surface area contributed by atoms with E-state index in [4.69, 9.17) is 16.3 Å². The van der Waals surface area contributed by atoms with Crippen LogP contribution in [0.4, 0.5) is 0 Å². The summed E-state index contributed by atoms with van der Waals surface area (Å²) in [6, 6.07) is 13.2. The molecule has 2 aromatic carbocycles. The van der Waals surface area contributed by atoms with Crippen LogP contribution in [0.15, 0.2) is 53.4 Å². The molecule has 1 N–H and O–H groups in total. The fraction of sp³-hybridized carbons (Fsp3) is 0.200. The predicted molar refractivity (Wildman–Crippen MR) is 83.2 cm³/mol. The largest absolute Gasteiger partial charge is 0.495 e. The van der Waals surface area contributed by atoms with Gasteiger partial charge >= 0.3 is 0 Å². The SMILES string of the molecule is COc1ccccc1S(=O)(=O)NC(C)c1cccc(Cl)c1. The van der Waals surface area contributed by atoms with Gasteiger partial charge in [-0.05, 0) is 36.8 Å². The molecule has 0 fully saturated rings. The predicted octanol–water partition coefficient (Wildman–Crippen LogP) is 3.39. The molecule has 6 heteroatoms. The van der Waals surface area contributed by atoms with Crippen molar-refractivity contribution in [3.8, 4) is 5.75 Å². The standard InChI is InChI=1S/C15H16ClNO3S/c1-11(12-6-5-7-13(16)10-12)17-21(18,19)15-9-4-3-8-14(15)20-2/h3-11,17H,1-2H3. The molecule has 0 spiro atoms. The molecular weight excluding hydrogens is 310 g/mol. The van der Waals surface area contributed by atoms with Crippen LogP contribution in [0, 0.1) is 0 Å². The highest BCUT2D eigenvalue weighted by Crippen LogP contribution is 2.25. The molecule has 1 atom stereocenters. The average molecular weight is 326 g/mol. The van der Waals surface area contributed by atoms with E-state index < -0.39 is 16.1 Å². The summed E-state index contributed by atoms with van der Waals surface area (Å²) in [4.78, 5) is 0.112. The molecule has 2 aromatic rings. The normalized spacial score (nSPS) is 12.9. The van der Waals surface area contributed by atoms with Gasteiger partial charge in [-0.3, -0.25) is 0 Å². The number of methoxy groups -OCH3 is 1. The summed E-state index contributed by atoms with van der Waals surface area (Å²) in [6.45, 7) is 1.76. The lowest BCUT2D eigenvalue weighted by Gasteiger charge is -2.16. The molecule has 2 rings (SSSR count). The number of nitrogens with one attached hydrogen (secondary N) is 1.